The van der Waals surface area contributed by atoms with E-state index in [1.165, 1.54) is 19.3 Å². The Kier molecular flexibility index (Phi) is 5.33. The van der Waals surface area contributed by atoms with Gasteiger partial charge in [0.1, 0.15) is 5.75 Å². The number of anilines is 1. The summed E-state index contributed by atoms with van der Waals surface area (Å²) in [4.78, 5) is 27.3. The van der Waals surface area contributed by atoms with Crippen molar-refractivity contribution in [2.45, 2.75) is 57.7 Å². The Morgan fingerprint density at radius 2 is 1.82 bits per heavy atom. The van der Waals surface area contributed by atoms with Crippen LogP contribution < -0.4 is 10.1 Å². The van der Waals surface area contributed by atoms with E-state index in [1.54, 1.807) is 12.1 Å². The first-order chi connectivity index (χ1) is 13.6. The third-order valence-electron chi connectivity index (χ3n) is 5.65. The van der Waals surface area contributed by atoms with Crippen LogP contribution in [0.25, 0.3) is 0 Å². The molecule has 1 fully saturated rings. The molecule has 146 valence electrons. The van der Waals surface area contributed by atoms with Crippen molar-refractivity contribution in [3.8, 4) is 5.75 Å². The van der Waals surface area contributed by atoms with Gasteiger partial charge in [-0.1, -0.05) is 37.5 Å². The summed E-state index contributed by atoms with van der Waals surface area (Å²) in [6.45, 7) is 2.34. The van der Waals surface area contributed by atoms with E-state index in [-0.39, 0.29) is 17.9 Å². The smallest absolute Gasteiger partial charge is 0.263 e. The van der Waals surface area contributed by atoms with Crippen LogP contribution >= 0.6 is 0 Å². The lowest BCUT2D eigenvalue weighted by atomic mass is 9.93. The summed E-state index contributed by atoms with van der Waals surface area (Å²) in [5, 5.41) is 2.95. The number of benzene rings is 2. The number of amides is 2. The standard InChI is InChI=1S/C23H26N2O3/c1-16-23(27)25(20-10-6-3-7-11-20)15-18-14-19(12-13-21(18)28-16)24-22(26)17-8-4-2-5-9-17/h2,4-5,8-9,12-14,16,20H,3,6-7,10-11,15H2,1H3,(H,24,26). The molecular formula is C23H26N2O3. The highest BCUT2D eigenvalue weighted by Crippen LogP contribution is 2.32. The number of fused-ring (bicyclic) bond motifs is 1. The summed E-state index contributed by atoms with van der Waals surface area (Å²) in [5.74, 6) is 0.624. The molecule has 0 spiro atoms. The van der Waals surface area contributed by atoms with Crippen LogP contribution in [0.15, 0.2) is 48.5 Å². The number of carbonyl (C=O) groups excluding carboxylic acids is 2. The van der Waals surface area contributed by atoms with Crippen molar-refractivity contribution < 1.29 is 14.3 Å². The monoisotopic (exact) mass is 378 g/mol. The van der Waals surface area contributed by atoms with Crippen molar-refractivity contribution in [1.82, 2.24) is 4.90 Å². The maximum atomic E-state index is 12.9. The van der Waals surface area contributed by atoms with Gasteiger partial charge in [0.25, 0.3) is 11.8 Å². The second-order valence-corrected chi connectivity index (χ2v) is 7.66. The van der Waals surface area contributed by atoms with Gasteiger partial charge in [-0.2, -0.15) is 0 Å². The predicted octanol–water partition coefficient (Wildman–Crippen LogP) is 4.38. The molecule has 0 radical (unpaired) electrons. The van der Waals surface area contributed by atoms with Gasteiger partial charge >= 0.3 is 0 Å². The van der Waals surface area contributed by atoms with Crippen LogP contribution in [-0.2, 0) is 11.3 Å². The molecule has 1 aliphatic heterocycles. The van der Waals surface area contributed by atoms with Gasteiger partial charge < -0.3 is 15.0 Å². The zero-order valence-electron chi connectivity index (χ0n) is 16.2. The largest absolute Gasteiger partial charge is 0.481 e. The molecule has 5 heteroatoms. The van der Waals surface area contributed by atoms with E-state index < -0.39 is 6.10 Å². The Bertz CT molecular complexity index is 859. The summed E-state index contributed by atoms with van der Waals surface area (Å²) in [7, 11) is 0. The third-order valence-corrected chi connectivity index (χ3v) is 5.65. The van der Waals surface area contributed by atoms with Crippen LogP contribution in [0, 0.1) is 0 Å². The van der Waals surface area contributed by atoms with Crippen LogP contribution in [0.2, 0.25) is 0 Å². The molecule has 1 heterocycles. The van der Waals surface area contributed by atoms with Crippen molar-refractivity contribution in [3.05, 3.63) is 59.7 Å². The van der Waals surface area contributed by atoms with Gasteiger partial charge in [0, 0.05) is 29.4 Å². The second-order valence-electron chi connectivity index (χ2n) is 7.66. The molecular weight excluding hydrogens is 352 g/mol. The van der Waals surface area contributed by atoms with E-state index in [0.29, 0.717) is 17.8 Å². The molecule has 5 nitrogen and oxygen atoms in total. The van der Waals surface area contributed by atoms with Gasteiger partial charge in [-0.3, -0.25) is 9.59 Å². The van der Waals surface area contributed by atoms with Crippen LogP contribution in [0.1, 0.15) is 54.9 Å². The Hall–Kier alpha value is -2.82. The summed E-state index contributed by atoms with van der Waals surface area (Å²) >= 11 is 0. The fourth-order valence-corrected chi connectivity index (χ4v) is 4.13. The Morgan fingerprint density at radius 1 is 1.07 bits per heavy atom. The number of carbonyl (C=O) groups is 2. The first-order valence-corrected chi connectivity index (χ1v) is 10.1. The maximum absolute atomic E-state index is 12.9. The van der Waals surface area contributed by atoms with Crippen LogP contribution in [0.5, 0.6) is 5.75 Å². The van der Waals surface area contributed by atoms with Crippen LogP contribution in [0.3, 0.4) is 0 Å². The summed E-state index contributed by atoms with van der Waals surface area (Å²) < 4.78 is 5.93. The van der Waals surface area contributed by atoms with Gasteiger partial charge in [-0.05, 0) is 50.1 Å². The molecule has 1 aliphatic carbocycles. The average molecular weight is 378 g/mol. The second kappa shape index (κ2) is 8.05. The number of rotatable bonds is 3. The van der Waals surface area contributed by atoms with Crippen molar-refractivity contribution >= 4 is 17.5 Å². The number of hydrogen-bond acceptors (Lipinski definition) is 3. The lowest BCUT2D eigenvalue weighted by molar-refractivity contribution is -0.140. The average Bonchev–Trinajstić information content (AvgIpc) is 2.86. The van der Waals surface area contributed by atoms with Crippen LogP contribution in [0.4, 0.5) is 5.69 Å². The lowest BCUT2D eigenvalue weighted by Crippen LogP contribution is -2.45. The SMILES string of the molecule is CC1Oc2ccc(NC(=O)c3ccccc3)cc2CN(C2CCCCC2)C1=O. The normalized spacial score (nSPS) is 20.1. The highest BCUT2D eigenvalue weighted by atomic mass is 16.5. The molecule has 28 heavy (non-hydrogen) atoms. The highest BCUT2D eigenvalue weighted by Gasteiger charge is 2.33. The highest BCUT2D eigenvalue weighted by molar-refractivity contribution is 6.04. The Labute approximate surface area is 165 Å². The van der Waals surface area contributed by atoms with E-state index >= 15 is 0 Å². The molecule has 2 aromatic carbocycles. The van der Waals surface area contributed by atoms with Gasteiger partial charge in [-0.15, -0.1) is 0 Å². The summed E-state index contributed by atoms with van der Waals surface area (Å²) in [5.41, 5.74) is 2.26. The topological polar surface area (TPSA) is 58.6 Å². The van der Waals surface area contributed by atoms with E-state index in [1.807, 2.05) is 48.2 Å². The molecule has 2 aliphatic rings. The maximum Gasteiger partial charge on any atom is 0.263 e. The number of ether oxygens (including phenoxy) is 1. The zero-order valence-corrected chi connectivity index (χ0v) is 16.2. The predicted molar refractivity (Wildman–Crippen MR) is 108 cm³/mol. The van der Waals surface area contributed by atoms with Crippen molar-refractivity contribution in [2.75, 3.05) is 5.32 Å². The Balaban J connectivity index is 1.57. The van der Waals surface area contributed by atoms with E-state index in [9.17, 15) is 9.59 Å². The van der Waals surface area contributed by atoms with Gasteiger partial charge in [0.2, 0.25) is 0 Å². The first kappa shape index (κ1) is 18.5. The molecule has 1 saturated carbocycles. The third kappa shape index (κ3) is 3.88. The number of nitrogens with one attached hydrogen (secondary N) is 1. The summed E-state index contributed by atoms with van der Waals surface area (Å²) in [6, 6.07) is 15.0. The van der Waals surface area contributed by atoms with E-state index in [2.05, 4.69) is 5.32 Å². The molecule has 0 saturated heterocycles. The fraction of sp³-hybridized carbons (Fsp3) is 0.391. The first-order valence-electron chi connectivity index (χ1n) is 10.1. The summed E-state index contributed by atoms with van der Waals surface area (Å²) in [6.07, 6.45) is 5.20. The van der Waals surface area contributed by atoms with Crippen molar-refractivity contribution in [2.24, 2.45) is 0 Å². The quantitative estimate of drug-likeness (QED) is 0.862. The lowest BCUT2D eigenvalue weighted by Gasteiger charge is -2.34. The number of nitrogens with zero attached hydrogens (tertiary/aromatic N) is 1. The molecule has 1 N–H and O–H groups in total. The molecule has 2 amide bonds. The minimum absolute atomic E-state index is 0.0537. The van der Waals surface area contributed by atoms with Gasteiger partial charge in [0.15, 0.2) is 6.10 Å². The molecule has 1 unspecified atom stereocenters. The van der Waals surface area contributed by atoms with Gasteiger partial charge in [0.05, 0.1) is 0 Å². The molecule has 2 aromatic rings. The minimum atomic E-state index is -0.493. The molecule has 0 aromatic heterocycles. The fourth-order valence-electron chi connectivity index (χ4n) is 4.13. The van der Waals surface area contributed by atoms with Crippen molar-refractivity contribution in [3.63, 3.8) is 0 Å². The molecule has 0 bridgehead atoms. The van der Waals surface area contributed by atoms with Crippen molar-refractivity contribution in [1.29, 1.82) is 0 Å². The Morgan fingerprint density at radius 3 is 2.57 bits per heavy atom. The number of hydrogen-bond donors (Lipinski definition) is 1. The zero-order chi connectivity index (χ0) is 19.5. The van der Waals surface area contributed by atoms with E-state index in [4.69, 9.17) is 4.74 Å². The molecule has 4 rings (SSSR count). The van der Waals surface area contributed by atoms with E-state index in [0.717, 1.165) is 24.2 Å². The molecule has 1 atom stereocenters. The van der Waals surface area contributed by atoms with Gasteiger partial charge in [-0.25, -0.2) is 0 Å². The van der Waals surface area contributed by atoms with Crippen LogP contribution in [-0.4, -0.2) is 28.9 Å². The minimum Gasteiger partial charge on any atom is -0.481 e.